The lowest BCUT2D eigenvalue weighted by Crippen LogP contribution is -2.48. The van der Waals surface area contributed by atoms with Crippen LogP contribution in [0.1, 0.15) is 21.5 Å². The summed E-state index contributed by atoms with van der Waals surface area (Å²) in [5.74, 6) is 0.918. The van der Waals surface area contributed by atoms with E-state index in [4.69, 9.17) is 4.74 Å². The van der Waals surface area contributed by atoms with Gasteiger partial charge in [-0.25, -0.2) is 0 Å². The van der Waals surface area contributed by atoms with Gasteiger partial charge in [0.2, 0.25) is 0 Å². The molecule has 1 saturated heterocycles. The van der Waals surface area contributed by atoms with Gasteiger partial charge in [0.05, 0.1) is 18.4 Å². The van der Waals surface area contributed by atoms with E-state index in [0.29, 0.717) is 18.7 Å². The number of para-hydroxylation sites is 1. The maximum Gasteiger partial charge on any atom is 0.256 e. The lowest BCUT2D eigenvalue weighted by Gasteiger charge is -2.36. The summed E-state index contributed by atoms with van der Waals surface area (Å²) >= 11 is 0. The summed E-state index contributed by atoms with van der Waals surface area (Å²) in [7, 11) is 1.68. The van der Waals surface area contributed by atoms with E-state index in [1.165, 1.54) is 11.1 Å². The van der Waals surface area contributed by atoms with Gasteiger partial charge >= 0.3 is 0 Å². The van der Waals surface area contributed by atoms with Gasteiger partial charge in [0.15, 0.2) is 0 Å². The zero-order valence-electron chi connectivity index (χ0n) is 18.4. The molecule has 1 aliphatic heterocycles. The number of rotatable bonds is 5. The summed E-state index contributed by atoms with van der Waals surface area (Å²) in [4.78, 5) is 17.6. The number of hydrogen-bond acceptors (Lipinski definition) is 4. The fourth-order valence-electron chi connectivity index (χ4n) is 3.96. The number of methoxy groups -OCH3 is 1. The number of ether oxygens (including phenoxy) is 1. The Hall–Kier alpha value is -3.47. The molecule has 1 fully saturated rings. The van der Waals surface area contributed by atoms with E-state index in [2.05, 4.69) is 42.3 Å². The van der Waals surface area contributed by atoms with Crippen molar-refractivity contribution in [2.75, 3.05) is 43.5 Å². The van der Waals surface area contributed by atoms with E-state index >= 15 is 0 Å². The Balaban J connectivity index is 1.47. The van der Waals surface area contributed by atoms with E-state index in [-0.39, 0.29) is 5.91 Å². The molecule has 0 spiro atoms. The molecule has 0 atom stereocenters. The fraction of sp³-hybridized carbons (Fsp3) is 0.269. The molecular formula is C26H29N3O2. The maximum absolute atomic E-state index is 13.4. The van der Waals surface area contributed by atoms with Crippen molar-refractivity contribution in [1.82, 2.24) is 4.90 Å². The second-order valence-electron chi connectivity index (χ2n) is 7.90. The van der Waals surface area contributed by atoms with Gasteiger partial charge < -0.3 is 19.9 Å². The van der Waals surface area contributed by atoms with Crippen LogP contribution in [-0.2, 0) is 0 Å². The number of nitrogens with zero attached hydrogens (tertiary/aromatic N) is 2. The summed E-state index contributed by atoms with van der Waals surface area (Å²) in [6.45, 7) is 7.16. The number of carbonyl (C=O) groups excluding carboxylic acids is 1. The first-order valence-electron chi connectivity index (χ1n) is 10.7. The second-order valence-corrected chi connectivity index (χ2v) is 7.90. The molecule has 0 radical (unpaired) electrons. The Bertz CT molecular complexity index is 1070. The second kappa shape index (κ2) is 9.13. The minimum absolute atomic E-state index is 0.0682. The molecule has 0 aliphatic carbocycles. The molecule has 1 heterocycles. The first-order valence-corrected chi connectivity index (χ1v) is 10.7. The maximum atomic E-state index is 13.4. The van der Waals surface area contributed by atoms with Crippen molar-refractivity contribution in [3.63, 3.8) is 0 Å². The quantitative estimate of drug-likeness (QED) is 0.636. The van der Waals surface area contributed by atoms with Crippen molar-refractivity contribution < 1.29 is 9.53 Å². The Morgan fingerprint density at radius 1 is 0.871 bits per heavy atom. The third-order valence-corrected chi connectivity index (χ3v) is 6.02. The van der Waals surface area contributed by atoms with Crippen molar-refractivity contribution in [3.8, 4) is 5.75 Å². The molecule has 31 heavy (non-hydrogen) atoms. The normalized spacial score (nSPS) is 13.8. The lowest BCUT2D eigenvalue weighted by molar-refractivity contribution is 0.0748. The van der Waals surface area contributed by atoms with Gasteiger partial charge in [-0.15, -0.1) is 0 Å². The predicted octanol–water partition coefficient (Wildman–Crippen LogP) is 5.02. The first kappa shape index (κ1) is 20.8. The van der Waals surface area contributed by atoms with Crippen LogP contribution in [0, 0.1) is 13.8 Å². The van der Waals surface area contributed by atoms with Crippen LogP contribution in [0.15, 0.2) is 66.7 Å². The Kier molecular flexibility index (Phi) is 6.12. The minimum atomic E-state index is 0.0682. The highest BCUT2D eigenvalue weighted by atomic mass is 16.5. The van der Waals surface area contributed by atoms with Crippen molar-refractivity contribution in [3.05, 3.63) is 83.4 Å². The molecule has 5 nitrogen and oxygen atoms in total. The van der Waals surface area contributed by atoms with Gasteiger partial charge in [-0.05, 0) is 55.3 Å². The molecule has 1 N–H and O–H groups in total. The SMILES string of the molecule is COc1cccc(N2CCN(C(=O)c3ccccc3Nc3cccc(C)c3C)CC2)c1. The smallest absolute Gasteiger partial charge is 0.256 e. The summed E-state index contributed by atoms with van der Waals surface area (Å²) in [6, 6.07) is 22.0. The molecule has 1 aliphatic rings. The van der Waals surface area contributed by atoms with E-state index in [9.17, 15) is 4.79 Å². The van der Waals surface area contributed by atoms with Crippen LogP contribution in [0.5, 0.6) is 5.75 Å². The monoisotopic (exact) mass is 415 g/mol. The minimum Gasteiger partial charge on any atom is -0.497 e. The first-order chi connectivity index (χ1) is 15.1. The van der Waals surface area contributed by atoms with Gasteiger partial charge in [0, 0.05) is 43.6 Å². The molecule has 0 saturated carbocycles. The Morgan fingerprint density at radius 3 is 2.35 bits per heavy atom. The zero-order chi connectivity index (χ0) is 21.8. The average molecular weight is 416 g/mol. The van der Waals surface area contributed by atoms with Crippen LogP contribution >= 0.6 is 0 Å². The van der Waals surface area contributed by atoms with Crippen molar-refractivity contribution in [2.45, 2.75) is 13.8 Å². The van der Waals surface area contributed by atoms with Crippen molar-refractivity contribution >= 4 is 23.0 Å². The number of aryl methyl sites for hydroxylation is 1. The molecule has 1 amide bonds. The molecule has 0 bridgehead atoms. The van der Waals surface area contributed by atoms with Crippen LogP contribution in [0.2, 0.25) is 0 Å². The van der Waals surface area contributed by atoms with Crippen LogP contribution < -0.4 is 15.0 Å². The van der Waals surface area contributed by atoms with Crippen molar-refractivity contribution in [2.24, 2.45) is 0 Å². The van der Waals surface area contributed by atoms with Crippen molar-refractivity contribution in [1.29, 1.82) is 0 Å². The molecule has 3 aromatic carbocycles. The number of nitrogens with one attached hydrogen (secondary N) is 1. The average Bonchev–Trinajstić information content (AvgIpc) is 2.82. The van der Waals surface area contributed by atoms with Gasteiger partial charge in [-0.3, -0.25) is 4.79 Å². The Labute approximate surface area is 184 Å². The van der Waals surface area contributed by atoms with Crippen LogP contribution in [0.3, 0.4) is 0 Å². The topological polar surface area (TPSA) is 44.8 Å². The summed E-state index contributed by atoms with van der Waals surface area (Å²) in [5.41, 5.74) is 6.13. The number of anilines is 3. The third-order valence-electron chi connectivity index (χ3n) is 6.02. The highest BCUT2D eigenvalue weighted by Gasteiger charge is 2.24. The molecule has 4 rings (SSSR count). The van der Waals surface area contributed by atoms with Gasteiger partial charge in [-0.1, -0.05) is 30.3 Å². The third kappa shape index (κ3) is 4.50. The van der Waals surface area contributed by atoms with E-state index in [1.54, 1.807) is 7.11 Å². The van der Waals surface area contributed by atoms with E-state index in [0.717, 1.165) is 35.9 Å². The molecule has 0 aromatic heterocycles. The molecule has 3 aromatic rings. The highest BCUT2D eigenvalue weighted by Crippen LogP contribution is 2.27. The number of piperazine rings is 1. The number of carbonyl (C=O) groups is 1. The van der Waals surface area contributed by atoms with E-state index in [1.807, 2.05) is 53.4 Å². The highest BCUT2D eigenvalue weighted by molar-refractivity contribution is 6.00. The zero-order valence-corrected chi connectivity index (χ0v) is 18.4. The number of hydrogen-bond donors (Lipinski definition) is 1. The predicted molar refractivity (Wildman–Crippen MR) is 127 cm³/mol. The fourth-order valence-corrected chi connectivity index (χ4v) is 3.96. The van der Waals surface area contributed by atoms with E-state index < -0.39 is 0 Å². The van der Waals surface area contributed by atoms with Gasteiger partial charge in [-0.2, -0.15) is 0 Å². The standard InChI is InChI=1S/C26H29N3O2/c1-19-8-6-13-24(20(19)2)27-25-12-5-4-11-23(25)26(30)29-16-14-28(15-17-29)21-9-7-10-22(18-21)31-3/h4-13,18,27H,14-17H2,1-3H3. The molecule has 5 heteroatoms. The van der Waals surface area contributed by atoms with Crippen LogP contribution in [0.4, 0.5) is 17.1 Å². The summed E-state index contributed by atoms with van der Waals surface area (Å²) < 4.78 is 5.34. The van der Waals surface area contributed by atoms with Gasteiger partial charge in [0.25, 0.3) is 5.91 Å². The summed E-state index contributed by atoms with van der Waals surface area (Å²) in [6.07, 6.45) is 0. The Morgan fingerprint density at radius 2 is 1.58 bits per heavy atom. The van der Waals surface area contributed by atoms with Gasteiger partial charge in [0.1, 0.15) is 5.75 Å². The molecule has 160 valence electrons. The lowest BCUT2D eigenvalue weighted by atomic mass is 10.1. The largest absolute Gasteiger partial charge is 0.497 e. The number of amides is 1. The summed E-state index contributed by atoms with van der Waals surface area (Å²) in [5, 5.41) is 3.48. The van der Waals surface area contributed by atoms with Crippen LogP contribution in [0.25, 0.3) is 0 Å². The molecular weight excluding hydrogens is 386 g/mol. The van der Waals surface area contributed by atoms with Crippen LogP contribution in [-0.4, -0.2) is 44.1 Å². The number of benzene rings is 3. The molecule has 0 unspecified atom stereocenters.